The highest BCUT2D eigenvalue weighted by atomic mass is 16.3. The maximum atomic E-state index is 8.91. The van der Waals surface area contributed by atoms with Gasteiger partial charge in [-0.15, -0.1) is 0 Å². The average Bonchev–Trinajstić information content (AvgIpc) is 2.01. The number of aliphatic hydroxyl groups is 1. The molecule has 2 unspecified atom stereocenters. The second-order valence-corrected chi connectivity index (χ2v) is 4.89. The second kappa shape index (κ2) is 5.69. The molecule has 2 atom stereocenters. The Hall–Kier alpha value is -0.120. The van der Waals surface area contributed by atoms with Gasteiger partial charge in [-0.25, -0.2) is 0 Å². The lowest BCUT2D eigenvalue weighted by molar-refractivity contribution is 0.135. The maximum Gasteiger partial charge on any atom is 0.0446 e. The number of piperazine rings is 1. The first-order chi connectivity index (χ1) is 6.61. The summed E-state index contributed by atoms with van der Waals surface area (Å²) in [5, 5.41) is 12.4. The van der Waals surface area contributed by atoms with E-state index in [2.05, 4.69) is 31.0 Å². The Morgan fingerprint density at radius 1 is 1.43 bits per heavy atom. The Balaban J connectivity index is 2.37. The minimum absolute atomic E-state index is 0.292. The summed E-state index contributed by atoms with van der Waals surface area (Å²) in [5.74, 6) is 0.732. The Labute approximate surface area is 87.5 Å². The summed E-state index contributed by atoms with van der Waals surface area (Å²) in [6, 6.07) is 1.03. The zero-order chi connectivity index (χ0) is 10.6. The third-order valence-electron chi connectivity index (χ3n) is 2.63. The third-order valence-corrected chi connectivity index (χ3v) is 2.63. The average molecular weight is 200 g/mol. The molecular formula is C11H24N2O. The quantitative estimate of drug-likeness (QED) is 0.701. The Kier molecular flexibility index (Phi) is 4.85. The summed E-state index contributed by atoms with van der Waals surface area (Å²) in [5.41, 5.74) is 0. The molecule has 1 rings (SSSR count). The van der Waals surface area contributed by atoms with Gasteiger partial charge < -0.3 is 10.4 Å². The summed E-state index contributed by atoms with van der Waals surface area (Å²) >= 11 is 0. The molecule has 3 nitrogen and oxygen atoms in total. The van der Waals surface area contributed by atoms with Crippen molar-refractivity contribution in [3.8, 4) is 0 Å². The predicted molar refractivity (Wildman–Crippen MR) is 59.4 cm³/mol. The van der Waals surface area contributed by atoms with Crippen LogP contribution >= 0.6 is 0 Å². The van der Waals surface area contributed by atoms with E-state index in [1.54, 1.807) is 0 Å². The predicted octanol–water partition coefficient (Wildman–Crippen LogP) is 0.687. The number of nitrogens with one attached hydrogen (secondary N) is 1. The van der Waals surface area contributed by atoms with Crippen LogP contribution in [0.1, 0.15) is 27.2 Å². The van der Waals surface area contributed by atoms with E-state index in [1.807, 2.05) is 0 Å². The van der Waals surface area contributed by atoms with Gasteiger partial charge in [0.05, 0.1) is 0 Å². The zero-order valence-electron chi connectivity index (χ0n) is 9.66. The van der Waals surface area contributed by atoms with Crippen LogP contribution in [0.2, 0.25) is 0 Å². The van der Waals surface area contributed by atoms with Crippen molar-refractivity contribution < 1.29 is 5.11 Å². The van der Waals surface area contributed by atoms with E-state index in [0.29, 0.717) is 18.7 Å². The first-order valence-electron chi connectivity index (χ1n) is 5.71. The summed E-state index contributed by atoms with van der Waals surface area (Å²) in [7, 11) is 0. The molecule has 84 valence electrons. The minimum atomic E-state index is 0.292. The van der Waals surface area contributed by atoms with Crippen molar-refractivity contribution >= 4 is 0 Å². The largest absolute Gasteiger partial charge is 0.396 e. The van der Waals surface area contributed by atoms with Crippen LogP contribution in [0.4, 0.5) is 0 Å². The molecule has 0 aromatic rings. The molecule has 1 aliphatic heterocycles. The fourth-order valence-corrected chi connectivity index (χ4v) is 2.28. The standard InChI is InChI=1S/C11H24N2O/c1-9(2)6-13-7-10(3)12-11(8-13)4-5-14/h9-12,14H,4-8H2,1-3H3. The summed E-state index contributed by atoms with van der Waals surface area (Å²) in [6.07, 6.45) is 0.874. The number of aliphatic hydroxyl groups excluding tert-OH is 1. The van der Waals surface area contributed by atoms with Crippen molar-refractivity contribution in [2.75, 3.05) is 26.2 Å². The molecule has 1 heterocycles. The van der Waals surface area contributed by atoms with Crippen LogP contribution in [0.15, 0.2) is 0 Å². The molecule has 0 radical (unpaired) electrons. The number of nitrogens with zero attached hydrogens (tertiary/aromatic N) is 1. The van der Waals surface area contributed by atoms with E-state index in [-0.39, 0.29) is 0 Å². The van der Waals surface area contributed by atoms with E-state index in [1.165, 1.54) is 6.54 Å². The summed E-state index contributed by atoms with van der Waals surface area (Å²) in [4.78, 5) is 2.51. The molecule has 0 aromatic carbocycles. The van der Waals surface area contributed by atoms with Crippen molar-refractivity contribution in [1.29, 1.82) is 0 Å². The van der Waals surface area contributed by atoms with E-state index in [4.69, 9.17) is 5.11 Å². The van der Waals surface area contributed by atoms with Crippen LogP contribution in [-0.2, 0) is 0 Å². The molecule has 3 heteroatoms. The van der Waals surface area contributed by atoms with Crippen LogP contribution in [-0.4, -0.2) is 48.3 Å². The van der Waals surface area contributed by atoms with Crippen molar-refractivity contribution in [2.45, 2.75) is 39.3 Å². The lowest BCUT2D eigenvalue weighted by Crippen LogP contribution is -2.56. The Bertz CT molecular complexity index is 159. The lowest BCUT2D eigenvalue weighted by Gasteiger charge is -2.38. The fourth-order valence-electron chi connectivity index (χ4n) is 2.28. The Morgan fingerprint density at radius 2 is 2.14 bits per heavy atom. The van der Waals surface area contributed by atoms with Crippen LogP contribution in [0, 0.1) is 5.92 Å². The number of hydrogen-bond donors (Lipinski definition) is 2. The van der Waals surface area contributed by atoms with Crippen molar-refractivity contribution in [3.63, 3.8) is 0 Å². The van der Waals surface area contributed by atoms with Crippen molar-refractivity contribution in [3.05, 3.63) is 0 Å². The highest BCUT2D eigenvalue weighted by Gasteiger charge is 2.23. The fraction of sp³-hybridized carbons (Fsp3) is 1.00. The van der Waals surface area contributed by atoms with Crippen LogP contribution in [0.5, 0.6) is 0 Å². The van der Waals surface area contributed by atoms with Gasteiger partial charge in [0.2, 0.25) is 0 Å². The molecule has 1 aliphatic rings. The zero-order valence-corrected chi connectivity index (χ0v) is 9.66. The van der Waals surface area contributed by atoms with Crippen LogP contribution in [0.3, 0.4) is 0 Å². The summed E-state index contributed by atoms with van der Waals surface area (Å²) < 4.78 is 0. The molecule has 2 N–H and O–H groups in total. The van der Waals surface area contributed by atoms with Gasteiger partial charge in [0, 0.05) is 38.3 Å². The normalized spacial score (nSPS) is 29.8. The number of rotatable bonds is 4. The smallest absolute Gasteiger partial charge is 0.0446 e. The highest BCUT2D eigenvalue weighted by Crippen LogP contribution is 2.09. The van der Waals surface area contributed by atoms with Gasteiger partial charge in [-0.3, -0.25) is 4.90 Å². The molecule has 1 fully saturated rings. The Morgan fingerprint density at radius 3 is 2.71 bits per heavy atom. The van der Waals surface area contributed by atoms with E-state index in [0.717, 1.165) is 25.4 Å². The van der Waals surface area contributed by atoms with Crippen molar-refractivity contribution in [1.82, 2.24) is 10.2 Å². The van der Waals surface area contributed by atoms with Gasteiger partial charge >= 0.3 is 0 Å². The third kappa shape index (κ3) is 3.95. The van der Waals surface area contributed by atoms with Crippen molar-refractivity contribution in [2.24, 2.45) is 5.92 Å². The van der Waals surface area contributed by atoms with E-state index < -0.39 is 0 Å². The summed E-state index contributed by atoms with van der Waals surface area (Å²) in [6.45, 7) is 10.4. The first kappa shape index (κ1) is 12.0. The van der Waals surface area contributed by atoms with Gasteiger partial charge in [-0.2, -0.15) is 0 Å². The molecule has 0 bridgehead atoms. The molecule has 0 saturated carbocycles. The highest BCUT2D eigenvalue weighted by molar-refractivity contribution is 4.83. The van der Waals surface area contributed by atoms with Gasteiger partial charge in [0.25, 0.3) is 0 Å². The monoisotopic (exact) mass is 200 g/mol. The first-order valence-corrected chi connectivity index (χ1v) is 5.71. The maximum absolute atomic E-state index is 8.91. The van der Waals surface area contributed by atoms with E-state index >= 15 is 0 Å². The molecule has 0 spiro atoms. The lowest BCUT2D eigenvalue weighted by atomic mass is 10.1. The van der Waals surface area contributed by atoms with Crippen LogP contribution in [0.25, 0.3) is 0 Å². The van der Waals surface area contributed by atoms with Gasteiger partial charge in [0.1, 0.15) is 0 Å². The SMILES string of the molecule is CC(C)CN1CC(C)NC(CCO)C1. The molecule has 0 aromatic heterocycles. The van der Waals surface area contributed by atoms with E-state index in [9.17, 15) is 0 Å². The molecule has 14 heavy (non-hydrogen) atoms. The minimum Gasteiger partial charge on any atom is -0.396 e. The molecular weight excluding hydrogens is 176 g/mol. The molecule has 0 aliphatic carbocycles. The van der Waals surface area contributed by atoms with Crippen LogP contribution < -0.4 is 5.32 Å². The molecule has 0 amide bonds. The number of hydrogen-bond acceptors (Lipinski definition) is 3. The topological polar surface area (TPSA) is 35.5 Å². The second-order valence-electron chi connectivity index (χ2n) is 4.89. The molecule has 1 saturated heterocycles. The van der Waals surface area contributed by atoms with Gasteiger partial charge in [0.15, 0.2) is 0 Å². The van der Waals surface area contributed by atoms with Gasteiger partial charge in [-0.05, 0) is 19.3 Å². The van der Waals surface area contributed by atoms with Gasteiger partial charge in [-0.1, -0.05) is 13.8 Å².